The van der Waals surface area contributed by atoms with Crippen LogP contribution in [0.5, 0.6) is 17.4 Å². The first-order valence-electron chi connectivity index (χ1n) is 5.83. The molecule has 0 aliphatic heterocycles. The molecule has 1 N–H and O–H groups in total. The van der Waals surface area contributed by atoms with Gasteiger partial charge in [-0.25, -0.2) is 0 Å². The van der Waals surface area contributed by atoms with Crippen LogP contribution in [0.15, 0.2) is 36.4 Å². The predicted octanol–water partition coefficient (Wildman–Crippen LogP) is 4.67. The molecule has 0 fully saturated rings. The fourth-order valence-corrected chi connectivity index (χ4v) is 2.36. The van der Waals surface area contributed by atoms with Crippen LogP contribution in [0.2, 0.25) is 10.0 Å². The number of para-hydroxylation sites is 1. The lowest BCUT2D eigenvalue weighted by molar-refractivity contribution is 0.401. The van der Waals surface area contributed by atoms with Crippen LogP contribution in [-0.2, 0) is 0 Å². The Labute approximate surface area is 125 Å². The van der Waals surface area contributed by atoms with Gasteiger partial charge in [0.1, 0.15) is 5.75 Å². The fraction of sp³-hybridized carbons (Fsp3) is 0.0714. The van der Waals surface area contributed by atoms with Crippen molar-refractivity contribution >= 4 is 34.1 Å². The number of ether oxygens (including phenoxy) is 2. The first kappa shape index (κ1) is 13.1. The lowest BCUT2D eigenvalue weighted by Gasteiger charge is -2.09. The summed E-state index contributed by atoms with van der Waals surface area (Å²) in [6.07, 6.45) is 0. The lowest BCUT2D eigenvalue weighted by atomic mass is 10.2. The zero-order chi connectivity index (χ0) is 14.1. The topological polar surface area (TPSA) is 47.1 Å². The normalized spacial score (nSPS) is 10.8. The molecule has 4 nitrogen and oxygen atoms in total. The van der Waals surface area contributed by atoms with Crippen LogP contribution in [0.4, 0.5) is 0 Å². The van der Waals surface area contributed by atoms with E-state index >= 15 is 0 Å². The minimum atomic E-state index is 0.428. The number of nitrogens with zero attached hydrogens (tertiary/aromatic N) is 1. The molecule has 20 heavy (non-hydrogen) atoms. The maximum atomic E-state index is 6.08. The van der Waals surface area contributed by atoms with Crippen molar-refractivity contribution in [1.82, 2.24) is 10.2 Å². The van der Waals surface area contributed by atoms with E-state index in [1.807, 2.05) is 12.1 Å². The molecule has 3 rings (SSSR count). The van der Waals surface area contributed by atoms with Crippen LogP contribution in [0.3, 0.4) is 0 Å². The standard InChI is InChI=1S/C14H10Cl2N2O2/c1-19-14-9-7-8(5-6-12(9)17-18-14)20-13-10(15)3-2-4-11(13)16/h2-7H,1H3,(H,17,18). The number of fused-ring (bicyclic) bond motifs is 1. The molecular weight excluding hydrogens is 299 g/mol. The Kier molecular flexibility index (Phi) is 3.42. The Morgan fingerprint density at radius 3 is 2.55 bits per heavy atom. The molecule has 0 aliphatic carbocycles. The van der Waals surface area contributed by atoms with Gasteiger partial charge in [0.15, 0.2) is 5.75 Å². The second-order valence-electron chi connectivity index (χ2n) is 4.09. The smallest absolute Gasteiger partial charge is 0.240 e. The van der Waals surface area contributed by atoms with Crippen molar-refractivity contribution in [3.8, 4) is 17.4 Å². The van der Waals surface area contributed by atoms with E-state index in [1.54, 1.807) is 31.4 Å². The lowest BCUT2D eigenvalue weighted by Crippen LogP contribution is -1.87. The van der Waals surface area contributed by atoms with Crippen molar-refractivity contribution in [2.75, 3.05) is 7.11 Å². The molecule has 0 saturated heterocycles. The van der Waals surface area contributed by atoms with E-state index in [0.29, 0.717) is 27.4 Å². The van der Waals surface area contributed by atoms with E-state index in [0.717, 1.165) is 10.9 Å². The maximum Gasteiger partial charge on any atom is 0.240 e. The van der Waals surface area contributed by atoms with Crippen molar-refractivity contribution in [3.63, 3.8) is 0 Å². The van der Waals surface area contributed by atoms with Gasteiger partial charge >= 0.3 is 0 Å². The number of H-pyrrole nitrogens is 1. The van der Waals surface area contributed by atoms with Crippen LogP contribution in [-0.4, -0.2) is 17.3 Å². The van der Waals surface area contributed by atoms with E-state index < -0.39 is 0 Å². The minimum absolute atomic E-state index is 0.428. The summed E-state index contributed by atoms with van der Waals surface area (Å²) >= 11 is 12.2. The number of nitrogens with one attached hydrogen (secondary N) is 1. The number of methoxy groups -OCH3 is 1. The van der Waals surface area contributed by atoms with Crippen molar-refractivity contribution in [3.05, 3.63) is 46.4 Å². The SMILES string of the molecule is COc1n[nH]c2ccc(Oc3c(Cl)cccc3Cl)cc12. The van der Waals surface area contributed by atoms with Crippen molar-refractivity contribution < 1.29 is 9.47 Å². The summed E-state index contributed by atoms with van der Waals surface area (Å²) in [5, 5.41) is 8.65. The molecule has 102 valence electrons. The van der Waals surface area contributed by atoms with Crippen LogP contribution in [0, 0.1) is 0 Å². The first-order chi connectivity index (χ1) is 9.69. The van der Waals surface area contributed by atoms with Crippen LogP contribution < -0.4 is 9.47 Å². The zero-order valence-electron chi connectivity index (χ0n) is 10.5. The third-order valence-electron chi connectivity index (χ3n) is 2.83. The van der Waals surface area contributed by atoms with E-state index in [-0.39, 0.29) is 0 Å². The van der Waals surface area contributed by atoms with Crippen LogP contribution in [0.1, 0.15) is 0 Å². The van der Waals surface area contributed by atoms with Crippen molar-refractivity contribution in [1.29, 1.82) is 0 Å². The molecule has 0 amide bonds. The van der Waals surface area contributed by atoms with Crippen molar-refractivity contribution in [2.45, 2.75) is 0 Å². The predicted molar refractivity (Wildman–Crippen MR) is 79.2 cm³/mol. The summed E-state index contributed by atoms with van der Waals surface area (Å²) in [6.45, 7) is 0. The van der Waals surface area contributed by atoms with Gasteiger partial charge in [0.05, 0.1) is 28.1 Å². The number of rotatable bonds is 3. The highest BCUT2D eigenvalue weighted by Crippen LogP contribution is 2.37. The van der Waals surface area contributed by atoms with E-state index in [4.69, 9.17) is 32.7 Å². The van der Waals surface area contributed by atoms with Crippen LogP contribution in [0.25, 0.3) is 10.9 Å². The zero-order valence-corrected chi connectivity index (χ0v) is 12.0. The number of hydrogen-bond acceptors (Lipinski definition) is 3. The van der Waals surface area contributed by atoms with E-state index in [9.17, 15) is 0 Å². The number of hydrogen-bond donors (Lipinski definition) is 1. The average molecular weight is 309 g/mol. The van der Waals surface area contributed by atoms with Crippen molar-refractivity contribution in [2.24, 2.45) is 0 Å². The molecule has 1 heterocycles. The molecule has 0 unspecified atom stereocenters. The average Bonchev–Trinajstić information content (AvgIpc) is 2.85. The number of aromatic amines is 1. The molecule has 0 saturated carbocycles. The quantitative estimate of drug-likeness (QED) is 0.764. The second kappa shape index (κ2) is 5.23. The third-order valence-corrected chi connectivity index (χ3v) is 3.43. The molecule has 3 aromatic rings. The Bertz CT molecular complexity index is 751. The molecule has 6 heteroatoms. The summed E-state index contributed by atoms with van der Waals surface area (Å²) in [5.74, 6) is 1.54. The number of aromatic nitrogens is 2. The maximum absolute atomic E-state index is 6.08. The number of benzene rings is 2. The van der Waals surface area contributed by atoms with Gasteiger partial charge in [0.25, 0.3) is 0 Å². The van der Waals surface area contributed by atoms with Gasteiger partial charge in [0, 0.05) is 0 Å². The summed E-state index contributed by atoms with van der Waals surface area (Å²) < 4.78 is 10.9. The molecule has 0 bridgehead atoms. The van der Waals surface area contributed by atoms with E-state index in [1.165, 1.54) is 0 Å². The van der Waals surface area contributed by atoms with E-state index in [2.05, 4.69) is 10.2 Å². The fourth-order valence-electron chi connectivity index (χ4n) is 1.89. The highest BCUT2D eigenvalue weighted by molar-refractivity contribution is 6.37. The van der Waals surface area contributed by atoms with Gasteiger partial charge in [-0.1, -0.05) is 29.3 Å². The van der Waals surface area contributed by atoms with Gasteiger partial charge in [-0.3, -0.25) is 5.10 Å². The van der Waals surface area contributed by atoms with Gasteiger partial charge < -0.3 is 9.47 Å². The molecule has 1 aromatic heterocycles. The largest absolute Gasteiger partial charge is 0.480 e. The van der Waals surface area contributed by atoms with Gasteiger partial charge in [-0.15, -0.1) is 5.10 Å². The Morgan fingerprint density at radius 2 is 1.85 bits per heavy atom. The van der Waals surface area contributed by atoms with Gasteiger partial charge in [-0.2, -0.15) is 0 Å². The molecule has 0 aliphatic rings. The highest BCUT2D eigenvalue weighted by Gasteiger charge is 2.11. The van der Waals surface area contributed by atoms with Crippen LogP contribution >= 0.6 is 23.2 Å². The Morgan fingerprint density at radius 1 is 1.10 bits per heavy atom. The Hall–Kier alpha value is -1.91. The summed E-state index contributed by atoms with van der Waals surface area (Å²) in [5.41, 5.74) is 0.861. The monoisotopic (exact) mass is 308 g/mol. The third kappa shape index (κ3) is 2.28. The molecule has 0 radical (unpaired) electrons. The van der Waals surface area contributed by atoms with Gasteiger partial charge in [0.2, 0.25) is 5.88 Å². The minimum Gasteiger partial charge on any atom is -0.480 e. The molecular formula is C14H10Cl2N2O2. The Balaban J connectivity index is 2.02. The molecule has 0 spiro atoms. The summed E-state index contributed by atoms with van der Waals surface area (Å²) in [4.78, 5) is 0. The summed E-state index contributed by atoms with van der Waals surface area (Å²) in [6, 6.07) is 10.7. The highest BCUT2D eigenvalue weighted by atomic mass is 35.5. The number of halogens is 2. The first-order valence-corrected chi connectivity index (χ1v) is 6.58. The second-order valence-corrected chi connectivity index (χ2v) is 4.91. The summed E-state index contributed by atoms with van der Waals surface area (Å²) in [7, 11) is 1.56. The molecule has 0 atom stereocenters. The van der Waals surface area contributed by atoms with Gasteiger partial charge in [-0.05, 0) is 30.3 Å². The molecule has 2 aromatic carbocycles.